The number of carboxylic acid groups (broad SMARTS) is 1. The molecule has 0 amide bonds. The summed E-state index contributed by atoms with van der Waals surface area (Å²) in [6, 6.07) is 18.8. The van der Waals surface area contributed by atoms with Crippen LogP contribution in [0.5, 0.6) is 5.75 Å². The molecule has 1 aliphatic rings. The van der Waals surface area contributed by atoms with Gasteiger partial charge in [-0.25, -0.2) is 0 Å². The number of nitrogens with one attached hydrogen (secondary N) is 1. The smallest absolute Gasteiger partial charge is 0.321 e. The number of methoxy groups -OCH3 is 1. The zero-order chi connectivity index (χ0) is 26.4. The number of fused-ring (bicyclic) bond motifs is 1. The van der Waals surface area contributed by atoms with E-state index in [1.54, 1.807) is 7.11 Å². The van der Waals surface area contributed by atoms with E-state index in [1.165, 1.54) is 4.31 Å². The molecular weight excluding hydrogens is 490 g/mol. The van der Waals surface area contributed by atoms with Crippen molar-refractivity contribution in [2.45, 2.75) is 25.8 Å². The highest BCUT2D eigenvalue weighted by molar-refractivity contribution is 7.87. The first kappa shape index (κ1) is 26.5. The van der Waals surface area contributed by atoms with Crippen molar-refractivity contribution >= 4 is 32.6 Å². The van der Waals surface area contributed by atoms with Gasteiger partial charge in [0.25, 0.3) is 10.2 Å². The molecule has 1 saturated heterocycles. The number of rotatable bonds is 8. The third kappa shape index (κ3) is 6.60. The Morgan fingerprint density at radius 3 is 2.24 bits per heavy atom. The zero-order valence-corrected chi connectivity index (χ0v) is 21.8. The van der Waals surface area contributed by atoms with E-state index >= 15 is 0 Å². The Morgan fingerprint density at radius 2 is 1.59 bits per heavy atom. The summed E-state index contributed by atoms with van der Waals surface area (Å²) >= 11 is 0. The number of anilines is 1. The van der Waals surface area contributed by atoms with Crippen molar-refractivity contribution in [3.8, 4) is 17.6 Å². The van der Waals surface area contributed by atoms with Crippen LogP contribution in [0.2, 0.25) is 0 Å². The van der Waals surface area contributed by atoms with Crippen LogP contribution in [0.4, 0.5) is 5.69 Å². The summed E-state index contributed by atoms with van der Waals surface area (Å²) in [5, 5.41) is 11.5. The minimum Gasteiger partial charge on any atom is -0.497 e. The first-order chi connectivity index (χ1) is 17.8. The summed E-state index contributed by atoms with van der Waals surface area (Å²) < 4.78 is 34.3. The van der Waals surface area contributed by atoms with Gasteiger partial charge in [0.15, 0.2) is 0 Å². The largest absolute Gasteiger partial charge is 0.497 e. The van der Waals surface area contributed by atoms with E-state index in [2.05, 4.69) is 27.5 Å². The quantitative estimate of drug-likeness (QED) is 0.441. The van der Waals surface area contributed by atoms with Gasteiger partial charge in [-0.3, -0.25) is 4.79 Å². The number of benzene rings is 3. The second-order valence-corrected chi connectivity index (χ2v) is 10.6. The lowest BCUT2D eigenvalue weighted by Crippen LogP contribution is -2.54. The molecule has 0 bridgehead atoms. The molecule has 3 aromatic rings. The van der Waals surface area contributed by atoms with E-state index in [9.17, 15) is 18.3 Å². The maximum atomic E-state index is 12.7. The normalized spacial score (nSPS) is 15.1. The van der Waals surface area contributed by atoms with Crippen LogP contribution in [-0.2, 0) is 15.0 Å². The molecule has 9 heteroatoms. The Balaban J connectivity index is 1.36. The van der Waals surface area contributed by atoms with E-state index in [-0.39, 0.29) is 19.5 Å². The minimum absolute atomic E-state index is 0.250. The van der Waals surface area contributed by atoms with Gasteiger partial charge >= 0.3 is 5.97 Å². The lowest BCUT2D eigenvalue weighted by atomic mass is 10.1. The molecule has 1 atom stereocenters. The monoisotopic (exact) mass is 521 g/mol. The summed E-state index contributed by atoms with van der Waals surface area (Å²) in [5.41, 5.74) is 2.81. The highest BCUT2D eigenvalue weighted by atomic mass is 32.2. The molecule has 0 unspecified atom stereocenters. The van der Waals surface area contributed by atoms with Crippen molar-refractivity contribution in [2.24, 2.45) is 0 Å². The molecule has 8 nitrogen and oxygen atoms in total. The van der Waals surface area contributed by atoms with E-state index in [1.807, 2.05) is 61.5 Å². The molecule has 0 spiro atoms. The lowest BCUT2D eigenvalue weighted by molar-refractivity contribution is -0.139. The fourth-order valence-corrected chi connectivity index (χ4v) is 5.66. The molecular formula is C28H31N3O5S. The SMILES string of the molecule is CCC[C@H](NS(=O)(=O)N1CCN(c2ccc(C#Cc3ccc4cc(OC)ccc4c3)cc2)CC1)C(=O)O. The maximum absolute atomic E-state index is 12.7. The van der Waals surface area contributed by atoms with Crippen LogP contribution in [0.15, 0.2) is 60.7 Å². The van der Waals surface area contributed by atoms with E-state index < -0.39 is 22.2 Å². The fourth-order valence-electron chi connectivity index (χ4n) is 4.29. The van der Waals surface area contributed by atoms with Gasteiger partial charge in [-0.15, -0.1) is 0 Å². The van der Waals surface area contributed by atoms with Gasteiger partial charge < -0.3 is 14.7 Å². The summed E-state index contributed by atoms with van der Waals surface area (Å²) in [7, 11) is -2.21. The molecule has 0 aliphatic carbocycles. The number of carbonyl (C=O) groups is 1. The minimum atomic E-state index is -3.86. The zero-order valence-electron chi connectivity index (χ0n) is 21.0. The fraction of sp³-hybridized carbons (Fsp3) is 0.321. The predicted octanol–water partition coefficient (Wildman–Crippen LogP) is 3.46. The predicted molar refractivity (Wildman–Crippen MR) is 145 cm³/mol. The number of hydrogen-bond donors (Lipinski definition) is 2. The van der Waals surface area contributed by atoms with Crippen LogP contribution in [-0.4, -0.2) is 63.1 Å². The average Bonchev–Trinajstić information content (AvgIpc) is 2.91. The van der Waals surface area contributed by atoms with Gasteiger partial charge in [0.05, 0.1) is 7.11 Å². The van der Waals surface area contributed by atoms with Gasteiger partial charge in [-0.2, -0.15) is 17.4 Å². The van der Waals surface area contributed by atoms with Crippen molar-refractivity contribution in [1.29, 1.82) is 0 Å². The first-order valence-electron chi connectivity index (χ1n) is 12.2. The Hall–Kier alpha value is -3.58. The van der Waals surface area contributed by atoms with Gasteiger partial charge in [0.2, 0.25) is 0 Å². The number of carboxylic acids is 1. The van der Waals surface area contributed by atoms with Gasteiger partial charge in [-0.1, -0.05) is 37.3 Å². The summed E-state index contributed by atoms with van der Waals surface area (Å²) in [4.78, 5) is 13.5. The lowest BCUT2D eigenvalue weighted by Gasteiger charge is -2.35. The first-order valence-corrected chi connectivity index (χ1v) is 13.7. The number of nitrogens with zero attached hydrogens (tertiary/aromatic N) is 2. The summed E-state index contributed by atoms with van der Waals surface area (Å²) in [6.45, 7) is 3.41. The number of ether oxygens (including phenoxy) is 1. The second kappa shape index (κ2) is 11.6. The molecule has 1 fully saturated rings. The Kier molecular flexibility index (Phi) is 8.34. The second-order valence-electron chi connectivity index (χ2n) is 8.91. The van der Waals surface area contributed by atoms with Crippen LogP contribution < -0.4 is 14.4 Å². The van der Waals surface area contributed by atoms with Crippen molar-refractivity contribution in [3.05, 3.63) is 71.8 Å². The molecule has 37 heavy (non-hydrogen) atoms. The molecule has 1 aliphatic heterocycles. The number of aliphatic carboxylic acids is 1. The van der Waals surface area contributed by atoms with Crippen LogP contribution in [0.3, 0.4) is 0 Å². The van der Waals surface area contributed by atoms with Gasteiger partial charge in [0.1, 0.15) is 11.8 Å². The molecule has 2 N–H and O–H groups in total. The standard InChI is InChI=1S/C28H31N3O5S/c1-3-4-27(28(32)33)29-37(34,35)31-17-15-30(16-18-31)25-12-8-21(9-13-25)5-6-22-7-10-24-20-26(36-2)14-11-23(24)19-22/h7-14,19-20,27,29H,3-4,15-18H2,1-2H3,(H,32,33)/t27-/m0/s1. The molecule has 3 aromatic carbocycles. The highest BCUT2D eigenvalue weighted by Crippen LogP contribution is 2.22. The van der Waals surface area contributed by atoms with E-state index in [0.717, 1.165) is 33.3 Å². The number of piperazine rings is 1. The van der Waals surface area contributed by atoms with Crippen LogP contribution in [0.25, 0.3) is 10.8 Å². The van der Waals surface area contributed by atoms with Crippen molar-refractivity contribution < 1.29 is 23.1 Å². The summed E-state index contributed by atoms with van der Waals surface area (Å²) in [6.07, 6.45) is 0.825. The van der Waals surface area contributed by atoms with Crippen LogP contribution >= 0.6 is 0 Å². The number of hydrogen-bond acceptors (Lipinski definition) is 5. The van der Waals surface area contributed by atoms with E-state index in [0.29, 0.717) is 19.5 Å². The van der Waals surface area contributed by atoms with Crippen LogP contribution in [0.1, 0.15) is 30.9 Å². The average molecular weight is 522 g/mol. The molecule has 1 heterocycles. The van der Waals surface area contributed by atoms with Crippen LogP contribution in [0, 0.1) is 11.8 Å². The van der Waals surface area contributed by atoms with Crippen molar-refractivity contribution in [3.63, 3.8) is 0 Å². The van der Waals surface area contributed by atoms with Gasteiger partial charge in [-0.05, 0) is 65.7 Å². The molecule has 0 aromatic heterocycles. The topological polar surface area (TPSA) is 99.2 Å². The summed E-state index contributed by atoms with van der Waals surface area (Å²) in [5.74, 6) is 6.09. The highest BCUT2D eigenvalue weighted by Gasteiger charge is 2.31. The Morgan fingerprint density at radius 1 is 0.973 bits per heavy atom. The van der Waals surface area contributed by atoms with Crippen molar-refractivity contribution in [1.82, 2.24) is 9.03 Å². The molecule has 0 saturated carbocycles. The molecule has 0 radical (unpaired) electrons. The Bertz CT molecular complexity index is 1420. The molecule has 4 rings (SSSR count). The maximum Gasteiger partial charge on any atom is 0.321 e. The van der Waals surface area contributed by atoms with Crippen molar-refractivity contribution in [2.75, 3.05) is 38.2 Å². The van der Waals surface area contributed by atoms with E-state index in [4.69, 9.17) is 4.74 Å². The molecule has 194 valence electrons. The third-order valence-corrected chi connectivity index (χ3v) is 8.00. The van der Waals surface area contributed by atoms with Gasteiger partial charge in [0, 0.05) is 43.0 Å². The third-order valence-electron chi connectivity index (χ3n) is 6.38. The Labute approximate surface area is 218 Å².